The van der Waals surface area contributed by atoms with Gasteiger partial charge in [0.2, 0.25) is 0 Å². The summed E-state index contributed by atoms with van der Waals surface area (Å²) in [5.41, 5.74) is 7.67. The topological polar surface area (TPSA) is 50.4 Å². The van der Waals surface area contributed by atoms with Crippen LogP contribution in [-0.4, -0.2) is 11.3 Å². The van der Waals surface area contributed by atoms with Gasteiger partial charge >= 0.3 is 0 Å². The highest BCUT2D eigenvalue weighted by Gasteiger charge is 1.93. The predicted octanol–water partition coefficient (Wildman–Crippen LogP) is 1.24. The Kier molecular flexibility index (Phi) is 5.74. The minimum Gasteiger partial charge on any atom is -0.375 e. The molecule has 0 aromatic rings. The number of nitrogens with one attached hydrogen (secondary N) is 1. The lowest BCUT2D eigenvalue weighted by Crippen LogP contribution is -2.24. The highest BCUT2D eigenvalue weighted by molar-refractivity contribution is 7.80. The molecule has 0 aromatic carbocycles. The van der Waals surface area contributed by atoms with E-state index in [1.807, 2.05) is 6.21 Å². The molecular weight excluding hydrogens is 158 g/mol. The molecule has 0 spiro atoms. The van der Waals surface area contributed by atoms with Crippen LogP contribution < -0.4 is 11.2 Å². The van der Waals surface area contributed by atoms with Gasteiger partial charge in [-0.15, -0.1) is 0 Å². The molecule has 1 unspecified atom stereocenters. The SMILES string of the molecule is CCCC(C)C=NNC(N)=S. The van der Waals surface area contributed by atoms with E-state index in [-0.39, 0.29) is 5.11 Å². The molecule has 3 N–H and O–H groups in total. The van der Waals surface area contributed by atoms with Gasteiger partial charge in [0, 0.05) is 6.21 Å². The fraction of sp³-hybridized carbons (Fsp3) is 0.714. The molecule has 3 nitrogen and oxygen atoms in total. The zero-order chi connectivity index (χ0) is 8.69. The van der Waals surface area contributed by atoms with Crippen LogP contribution in [0.3, 0.4) is 0 Å². The molecule has 0 saturated carbocycles. The van der Waals surface area contributed by atoms with Crippen molar-refractivity contribution in [1.82, 2.24) is 5.43 Å². The lowest BCUT2D eigenvalue weighted by Gasteiger charge is -2.01. The zero-order valence-electron chi connectivity index (χ0n) is 7.00. The minimum absolute atomic E-state index is 0.213. The van der Waals surface area contributed by atoms with Crippen molar-refractivity contribution in [2.24, 2.45) is 16.8 Å². The third kappa shape index (κ3) is 7.25. The van der Waals surface area contributed by atoms with E-state index in [9.17, 15) is 0 Å². The number of hydrazone groups is 1. The van der Waals surface area contributed by atoms with E-state index in [1.54, 1.807) is 0 Å². The predicted molar refractivity (Wildman–Crippen MR) is 52.5 cm³/mol. The van der Waals surface area contributed by atoms with Crippen molar-refractivity contribution in [3.8, 4) is 0 Å². The molecule has 0 aromatic heterocycles. The Morgan fingerprint density at radius 1 is 1.82 bits per heavy atom. The second kappa shape index (κ2) is 6.09. The molecule has 64 valence electrons. The van der Waals surface area contributed by atoms with Crippen molar-refractivity contribution in [2.75, 3.05) is 0 Å². The third-order valence-corrected chi connectivity index (χ3v) is 1.34. The molecule has 0 bridgehead atoms. The van der Waals surface area contributed by atoms with Gasteiger partial charge in [-0.2, -0.15) is 5.10 Å². The first-order valence-electron chi connectivity index (χ1n) is 3.75. The Morgan fingerprint density at radius 3 is 2.91 bits per heavy atom. The number of thiocarbonyl (C=S) groups is 1. The molecule has 1 atom stereocenters. The smallest absolute Gasteiger partial charge is 0.184 e. The quantitative estimate of drug-likeness (QED) is 0.382. The average molecular weight is 173 g/mol. The molecule has 0 aliphatic rings. The molecule has 0 aliphatic heterocycles. The maximum Gasteiger partial charge on any atom is 0.184 e. The number of hydrogen-bond acceptors (Lipinski definition) is 2. The second-order valence-electron chi connectivity index (χ2n) is 2.52. The molecule has 0 heterocycles. The number of nitrogens with zero attached hydrogens (tertiary/aromatic N) is 1. The summed E-state index contributed by atoms with van der Waals surface area (Å²) in [5, 5.41) is 4.06. The van der Waals surface area contributed by atoms with Gasteiger partial charge in [-0.1, -0.05) is 20.3 Å². The summed E-state index contributed by atoms with van der Waals surface area (Å²) in [6, 6.07) is 0. The minimum atomic E-state index is 0.213. The van der Waals surface area contributed by atoms with Gasteiger partial charge < -0.3 is 5.73 Å². The maximum atomic E-state index is 5.16. The fourth-order valence-corrected chi connectivity index (χ4v) is 0.811. The van der Waals surface area contributed by atoms with Crippen molar-refractivity contribution < 1.29 is 0 Å². The van der Waals surface area contributed by atoms with Crippen LogP contribution in [0.1, 0.15) is 26.7 Å². The van der Waals surface area contributed by atoms with Gasteiger partial charge in [0.05, 0.1) is 0 Å². The van der Waals surface area contributed by atoms with E-state index in [0.717, 1.165) is 6.42 Å². The van der Waals surface area contributed by atoms with E-state index < -0.39 is 0 Å². The monoisotopic (exact) mass is 173 g/mol. The normalized spacial score (nSPS) is 13.3. The van der Waals surface area contributed by atoms with Crippen molar-refractivity contribution >= 4 is 23.5 Å². The fourth-order valence-electron chi connectivity index (χ4n) is 0.758. The van der Waals surface area contributed by atoms with Crippen molar-refractivity contribution in [3.05, 3.63) is 0 Å². The van der Waals surface area contributed by atoms with Gasteiger partial charge in [0.1, 0.15) is 0 Å². The summed E-state index contributed by atoms with van der Waals surface area (Å²) in [5.74, 6) is 0.488. The lowest BCUT2D eigenvalue weighted by atomic mass is 10.1. The van der Waals surface area contributed by atoms with Crippen LogP contribution in [0, 0.1) is 5.92 Å². The van der Waals surface area contributed by atoms with Gasteiger partial charge in [-0.3, -0.25) is 5.43 Å². The van der Waals surface area contributed by atoms with E-state index in [1.165, 1.54) is 6.42 Å². The molecule has 0 amide bonds. The highest BCUT2D eigenvalue weighted by Crippen LogP contribution is 2.00. The van der Waals surface area contributed by atoms with Gasteiger partial charge in [0.25, 0.3) is 0 Å². The summed E-state index contributed by atoms with van der Waals surface area (Å²) >= 11 is 4.57. The molecule has 11 heavy (non-hydrogen) atoms. The van der Waals surface area contributed by atoms with Gasteiger partial charge in [-0.25, -0.2) is 0 Å². The standard InChI is InChI=1S/C7H15N3S/c1-3-4-6(2)5-9-10-7(8)11/h5-6H,3-4H2,1-2H3,(H3,8,10,11). The summed E-state index contributed by atoms with van der Waals surface area (Å²) in [6.45, 7) is 4.25. The van der Waals surface area contributed by atoms with Crippen molar-refractivity contribution in [3.63, 3.8) is 0 Å². The molecule has 0 rings (SSSR count). The maximum absolute atomic E-state index is 5.16. The van der Waals surface area contributed by atoms with Crippen LogP contribution in [0.4, 0.5) is 0 Å². The summed E-state index contributed by atoms with van der Waals surface area (Å²) in [4.78, 5) is 0. The highest BCUT2D eigenvalue weighted by atomic mass is 32.1. The van der Waals surface area contributed by atoms with E-state index in [2.05, 4.69) is 36.6 Å². The molecular formula is C7H15N3S. The Bertz CT molecular complexity index is 145. The van der Waals surface area contributed by atoms with Crippen LogP contribution in [-0.2, 0) is 0 Å². The van der Waals surface area contributed by atoms with Crippen LogP contribution in [0.25, 0.3) is 0 Å². The number of rotatable bonds is 4. The van der Waals surface area contributed by atoms with E-state index in [4.69, 9.17) is 5.73 Å². The Balaban J connectivity index is 3.47. The van der Waals surface area contributed by atoms with Crippen LogP contribution >= 0.6 is 12.2 Å². The van der Waals surface area contributed by atoms with Crippen molar-refractivity contribution in [1.29, 1.82) is 0 Å². The molecule has 4 heteroatoms. The molecule has 0 radical (unpaired) electrons. The van der Waals surface area contributed by atoms with Crippen LogP contribution in [0.15, 0.2) is 5.10 Å². The first-order chi connectivity index (χ1) is 5.16. The third-order valence-electron chi connectivity index (χ3n) is 1.25. The lowest BCUT2D eigenvalue weighted by molar-refractivity contribution is 0.674. The zero-order valence-corrected chi connectivity index (χ0v) is 7.82. The largest absolute Gasteiger partial charge is 0.375 e. The molecule has 0 saturated heterocycles. The van der Waals surface area contributed by atoms with Gasteiger partial charge in [-0.05, 0) is 24.6 Å². The Labute approximate surface area is 73.0 Å². The van der Waals surface area contributed by atoms with Crippen molar-refractivity contribution in [2.45, 2.75) is 26.7 Å². The number of nitrogens with two attached hydrogens (primary N) is 1. The van der Waals surface area contributed by atoms with E-state index >= 15 is 0 Å². The first kappa shape index (κ1) is 10.4. The van der Waals surface area contributed by atoms with E-state index in [0.29, 0.717) is 5.92 Å². The number of hydrogen-bond donors (Lipinski definition) is 2. The van der Waals surface area contributed by atoms with Gasteiger partial charge in [0.15, 0.2) is 5.11 Å². The van der Waals surface area contributed by atoms with Crippen LogP contribution in [0.5, 0.6) is 0 Å². The molecule has 0 aliphatic carbocycles. The summed E-state index contributed by atoms with van der Waals surface area (Å²) < 4.78 is 0. The first-order valence-corrected chi connectivity index (χ1v) is 4.16. The molecule has 0 fully saturated rings. The average Bonchev–Trinajstić information content (AvgIpc) is 1.87. The summed E-state index contributed by atoms with van der Waals surface area (Å²) in [6.07, 6.45) is 4.13. The Morgan fingerprint density at radius 2 is 2.45 bits per heavy atom. The summed E-state index contributed by atoms with van der Waals surface area (Å²) in [7, 11) is 0. The second-order valence-corrected chi connectivity index (χ2v) is 2.96. The Hall–Kier alpha value is -0.640. The van der Waals surface area contributed by atoms with Crippen LogP contribution in [0.2, 0.25) is 0 Å².